The van der Waals surface area contributed by atoms with Crippen LogP contribution in [0, 0.1) is 0 Å². The molecule has 1 fully saturated rings. The Morgan fingerprint density at radius 2 is 2.36 bits per heavy atom. The number of hydrogen-bond donors (Lipinski definition) is 0. The molecule has 2 heterocycles. The zero-order chi connectivity index (χ0) is 15.7. The van der Waals surface area contributed by atoms with E-state index in [-0.39, 0.29) is 23.7 Å². The highest BCUT2D eigenvalue weighted by Crippen LogP contribution is 2.37. The first-order valence-electron chi connectivity index (χ1n) is 6.85. The van der Waals surface area contributed by atoms with Crippen LogP contribution in [-0.2, 0) is 0 Å². The van der Waals surface area contributed by atoms with Crippen LogP contribution in [0.2, 0.25) is 5.02 Å². The van der Waals surface area contributed by atoms with Crippen molar-refractivity contribution in [2.24, 2.45) is 0 Å². The van der Waals surface area contributed by atoms with Gasteiger partial charge in [0.2, 0.25) is 0 Å². The molecule has 116 valence electrons. The van der Waals surface area contributed by atoms with Crippen LogP contribution in [0.3, 0.4) is 0 Å². The Labute approximate surface area is 141 Å². The van der Waals surface area contributed by atoms with Gasteiger partial charge >= 0.3 is 6.08 Å². The Morgan fingerprint density at radius 1 is 1.55 bits per heavy atom. The third-order valence-corrected chi connectivity index (χ3v) is 4.53. The van der Waals surface area contributed by atoms with E-state index in [0.717, 1.165) is 22.9 Å². The fourth-order valence-electron chi connectivity index (χ4n) is 2.70. The maximum absolute atomic E-state index is 12.6. The predicted octanol–water partition coefficient (Wildman–Crippen LogP) is 4.08. The number of hydrogen-bond acceptors (Lipinski definition) is 4. The highest BCUT2D eigenvalue weighted by Gasteiger charge is 2.33. The highest BCUT2D eigenvalue weighted by atomic mass is 79.9. The van der Waals surface area contributed by atoms with Gasteiger partial charge in [0, 0.05) is 16.0 Å². The minimum atomic E-state index is -0.173. The number of halogens is 2. The van der Waals surface area contributed by atoms with Crippen LogP contribution in [-0.4, -0.2) is 29.4 Å². The van der Waals surface area contributed by atoms with Crippen molar-refractivity contribution in [3.05, 3.63) is 45.2 Å². The SMILES string of the molecule is COc1nc(C(=O)N2CCCC2c2ccc(Br)cc2Cl)co1. The van der Waals surface area contributed by atoms with Crippen LogP contribution in [0.1, 0.15) is 34.9 Å². The summed E-state index contributed by atoms with van der Waals surface area (Å²) in [6.45, 7) is 0.672. The molecule has 1 aliphatic heterocycles. The van der Waals surface area contributed by atoms with E-state index in [1.54, 1.807) is 4.90 Å². The average Bonchev–Trinajstić information content (AvgIpc) is 3.15. The number of likely N-dealkylation sites (tertiary alicyclic amines) is 1. The zero-order valence-corrected chi connectivity index (χ0v) is 14.2. The molecule has 0 aliphatic carbocycles. The number of carbonyl (C=O) groups is 1. The number of benzene rings is 1. The summed E-state index contributed by atoms with van der Waals surface area (Å²) in [6.07, 6.45) is 3.21. The number of amides is 1. The number of oxazole rings is 1. The van der Waals surface area contributed by atoms with Gasteiger partial charge in [-0.15, -0.1) is 0 Å². The lowest BCUT2D eigenvalue weighted by molar-refractivity contribution is 0.0729. The van der Waals surface area contributed by atoms with Crippen molar-refractivity contribution in [1.29, 1.82) is 0 Å². The quantitative estimate of drug-likeness (QED) is 0.799. The molecule has 0 spiro atoms. The molecule has 1 aromatic carbocycles. The summed E-state index contributed by atoms with van der Waals surface area (Å²) in [7, 11) is 1.44. The first-order chi connectivity index (χ1) is 10.6. The minimum Gasteiger partial charge on any atom is -0.454 e. The second kappa shape index (κ2) is 6.30. The molecule has 1 unspecified atom stereocenters. The van der Waals surface area contributed by atoms with Crippen LogP contribution >= 0.6 is 27.5 Å². The van der Waals surface area contributed by atoms with Crippen molar-refractivity contribution in [2.75, 3.05) is 13.7 Å². The normalized spacial score (nSPS) is 17.8. The molecule has 0 radical (unpaired) electrons. The molecule has 7 heteroatoms. The molecule has 1 saturated heterocycles. The summed E-state index contributed by atoms with van der Waals surface area (Å²) >= 11 is 9.73. The van der Waals surface area contributed by atoms with E-state index in [0.29, 0.717) is 11.6 Å². The van der Waals surface area contributed by atoms with Crippen molar-refractivity contribution in [3.8, 4) is 6.08 Å². The second-order valence-corrected chi connectivity index (χ2v) is 6.35. The number of aromatic nitrogens is 1. The number of ether oxygens (including phenoxy) is 1. The summed E-state index contributed by atoms with van der Waals surface area (Å²) in [4.78, 5) is 18.4. The molecule has 1 atom stereocenters. The molecule has 0 saturated carbocycles. The average molecular weight is 386 g/mol. The third kappa shape index (κ3) is 2.85. The molecule has 1 amide bonds. The Balaban J connectivity index is 1.87. The molecular formula is C15H14BrClN2O3. The molecule has 3 rings (SSSR count). The van der Waals surface area contributed by atoms with Gasteiger partial charge in [0.15, 0.2) is 5.69 Å². The largest absolute Gasteiger partial charge is 0.454 e. The summed E-state index contributed by atoms with van der Waals surface area (Å²) < 4.78 is 10.9. The van der Waals surface area contributed by atoms with Crippen molar-refractivity contribution in [2.45, 2.75) is 18.9 Å². The fourth-order valence-corrected chi connectivity index (χ4v) is 3.50. The van der Waals surface area contributed by atoms with Gasteiger partial charge in [-0.2, -0.15) is 4.98 Å². The van der Waals surface area contributed by atoms with Gasteiger partial charge in [0.05, 0.1) is 13.2 Å². The molecule has 1 aliphatic rings. The van der Waals surface area contributed by atoms with Crippen molar-refractivity contribution in [1.82, 2.24) is 9.88 Å². The van der Waals surface area contributed by atoms with E-state index in [1.807, 2.05) is 18.2 Å². The molecular weight excluding hydrogens is 372 g/mol. The van der Waals surface area contributed by atoms with Gasteiger partial charge in [-0.05, 0) is 30.5 Å². The number of carbonyl (C=O) groups excluding carboxylic acids is 1. The molecule has 0 N–H and O–H groups in total. The Hall–Kier alpha value is -1.53. The minimum absolute atomic E-state index is 0.0456. The standard InChI is InChI=1S/C15H14BrClN2O3/c1-21-15-18-12(8-22-15)14(20)19-6-2-3-13(19)10-5-4-9(16)7-11(10)17/h4-5,7-8,13H,2-3,6H2,1H3. The zero-order valence-electron chi connectivity index (χ0n) is 11.9. The fraction of sp³-hybridized carbons (Fsp3) is 0.333. The second-order valence-electron chi connectivity index (χ2n) is 5.03. The summed E-state index contributed by atoms with van der Waals surface area (Å²) in [5.74, 6) is -0.173. The number of methoxy groups -OCH3 is 1. The lowest BCUT2D eigenvalue weighted by atomic mass is 10.0. The molecule has 0 bridgehead atoms. The predicted molar refractivity (Wildman–Crippen MR) is 85.2 cm³/mol. The van der Waals surface area contributed by atoms with Crippen molar-refractivity contribution >= 4 is 33.4 Å². The van der Waals surface area contributed by atoms with Gasteiger partial charge in [-0.25, -0.2) is 0 Å². The van der Waals surface area contributed by atoms with E-state index in [2.05, 4.69) is 20.9 Å². The first-order valence-corrected chi connectivity index (χ1v) is 8.02. The maximum atomic E-state index is 12.6. The summed E-state index contributed by atoms with van der Waals surface area (Å²) in [5, 5.41) is 0.650. The van der Waals surface area contributed by atoms with Gasteiger partial charge in [-0.1, -0.05) is 33.6 Å². The van der Waals surface area contributed by atoms with Gasteiger partial charge < -0.3 is 14.1 Å². The molecule has 1 aromatic heterocycles. The van der Waals surface area contributed by atoms with Crippen LogP contribution < -0.4 is 4.74 Å². The molecule has 5 nitrogen and oxygen atoms in total. The van der Waals surface area contributed by atoms with E-state index in [1.165, 1.54) is 13.4 Å². The topological polar surface area (TPSA) is 55.6 Å². The smallest absolute Gasteiger partial charge is 0.393 e. The molecule has 22 heavy (non-hydrogen) atoms. The number of rotatable bonds is 3. The Morgan fingerprint density at radius 3 is 3.05 bits per heavy atom. The lowest BCUT2D eigenvalue weighted by Gasteiger charge is -2.25. The van der Waals surface area contributed by atoms with Gasteiger partial charge in [0.1, 0.15) is 6.26 Å². The first kappa shape index (κ1) is 15.4. The van der Waals surface area contributed by atoms with E-state index >= 15 is 0 Å². The van der Waals surface area contributed by atoms with Crippen LogP contribution in [0.5, 0.6) is 6.08 Å². The van der Waals surface area contributed by atoms with Crippen LogP contribution in [0.15, 0.2) is 33.4 Å². The summed E-state index contributed by atoms with van der Waals surface area (Å²) in [5.41, 5.74) is 1.20. The Kier molecular flexibility index (Phi) is 4.40. The van der Waals surface area contributed by atoms with Crippen LogP contribution in [0.25, 0.3) is 0 Å². The van der Waals surface area contributed by atoms with E-state index in [4.69, 9.17) is 20.8 Å². The van der Waals surface area contributed by atoms with Gasteiger partial charge in [-0.3, -0.25) is 4.79 Å². The molecule has 2 aromatic rings. The summed E-state index contributed by atoms with van der Waals surface area (Å²) in [6, 6.07) is 5.68. The number of nitrogens with zero attached hydrogens (tertiary/aromatic N) is 2. The monoisotopic (exact) mass is 384 g/mol. The third-order valence-electron chi connectivity index (χ3n) is 3.71. The maximum Gasteiger partial charge on any atom is 0.393 e. The lowest BCUT2D eigenvalue weighted by Crippen LogP contribution is -2.31. The van der Waals surface area contributed by atoms with E-state index < -0.39 is 0 Å². The highest BCUT2D eigenvalue weighted by molar-refractivity contribution is 9.10. The Bertz CT molecular complexity index is 704. The van der Waals surface area contributed by atoms with Crippen LogP contribution in [0.4, 0.5) is 0 Å². The van der Waals surface area contributed by atoms with Gasteiger partial charge in [0.25, 0.3) is 5.91 Å². The van der Waals surface area contributed by atoms with E-state index in [9.17, 15) is 4.79 Å². The van der Waals surface area contributed by atoms with Crippen molar-refractivity contribution in [3.63, 3.8) is 0 Å². The van der Waals surface area contributed by atoms with Crippen molar-refractivity contribution < 1.29 is 13.9 Å².